The number of amides is 1. The van der Waals surface area contributed by atoms with Crippen LogP contribution in [0.15, 0.2) is 0 Å². The molecular weight excluding hydrogens is 232 g/mol. The Morgan fingerprint density at radius 2 is 2.18 bits per heavy atom. The van der Waals surface area contributed by atoms with Gasteiger partial charge in [0.1, 0.15) is 0 Å². The number of nitrogens with two attached hydrogens (primary N) is 1. The van der Waals surface area contributed by atoms with Gasteiger partial charge < -0.3 is 10.6 Å². The molecule has 100 valence electrons. The molecule has 1 aliphatic heterocycles. The van der Waals surface area contributed by atoms with E-state index in [1.54, 1.807) is 0 Å². The number of thioether (sulfide) groups is 1. The van der Waals surface area contributed by atoms with Gasteiger partial charge in [-0.2, -0.15) is 11.8 Å². The van der Waals surface area contributed by atoms with Crippen LogP contribution in [0.4, 0.5) is 0 Å². The van der Waals surface area contributed by atoms with Gasteiger partial charge in [0.15, 0.2) is 0 Å². The van der Waals surface area contributed by atoms with Crippen molar-refractivity contribution in [2.24, 2.45) is 11.7 Å². The third kappa shape index (κ3) is 4.18. The van der Waals surface area contributed by atoms with E-state index in [1.807, 2.05) is 16.7 Å². The zero-order chi connectivity index (χ0) is 12.8. The standard InChI is InChI=1S/C13H26N2OS/c1-4-10(2)12(14)13(16)15-8-5-6-11(17-3)7-9-15/h10-12H,4-9,14H2,1-3H3/t10?,11?,12-/m0/s1. The largest absolute Gasteiger partial charge is 0.341 e. The number of hydrogen-bond donors (Lipinski definition) is 1. The summed E-state index contributed by atoms with van der Waals surface area (Å²) in [5.41, 5.74) is 6.02. The molecule has 3 nitrogen and oxygen atoms in total. The van der Waals surface area contributed by atoms with E-state index in [2.05, 4.69) is 20.1 Å². The quantitative estimate of drug-likeness (QED) is 0.840. The summed E-state index contributed by atoms with van der Waals surface area (Å²) in [5, 5.41) is 0.715. The Morgan fingerprint density at radius 3 is 2.76 bits per heavy atom. The van der Waals surface area contributed by atoms with Crippen LogP contribution in [0.1, 0.15) is 39.5 Å². The smallest absolute Gasteiger partial charge is 0.239 e. The molecule has 1 aliphatic rings. The molecule has 0 aromatic heterocycles. The average molecular weight is 258 g/mol. The second-order valence-electron chi connectivity index (χ2n) is 5.03. The minimum absolute atomic E-state index is 0.154. The Morgan fingerprint density at radius 1 is 1.47 bits per heavy atom. The summed E-state index contributed by atoms with van der Waals surface area (Å²) in [4.78, 5) is 14.2. The first-order chi connectivity index (χ1) is 8.10. The van der Waals surface area contributed by atoms with E-state index < -0.39 is 0 Å². The van der Waals surface area contributed by atoms with Crippen molar-refractivity contribution >= 4 is 17.7 Å². The van der Waals surface area contributed by atoms with Crippen molar-refractivity contribution in [3.63, 3.8) is 0 Å². The first-order valence-electron chi connectivity index (χ1n) is 6.67. The minimum atomic E-state index is -0.314. The zero-order valence-electron chi connectivity index (χ0n) is 11.3. The van der Waals surface area contributed by atoms with Crippen LogP contribution in [0.25, 0.3) is 0 Å². The topological polar surface area (TPSA) is 46.3 Å². The van der Waals surface area contributed by atoms with E-state index >= 15 is 0 Å². The molecule has 1 saturated heterocycles. The van der Waals surface area contributed by atoms with E-state index in [4.69, 9.17) is 5.73 Å². The number of hydrogen-bond acceptors (Lipinski definition) is 3. The zero-order valence-corrected chi connectivity index (χ0v) is 12.1. The Hall–Kier alpha value is -0.220. The highest BCUT2D eigenvalue weighted by molar-refractivity contribution is 7.99. The summed E-state index contributed by atoms with van der Waals surface area (Å²) in [6.45, 7) is 5.92. The van der Waals surface area contributed by atoms with Crippen LogP contribution in [0.5, 0.6) is 0 Å². The van der Waals surface area contributed by atoms with Crippen LogP contribution in [0, 0.1) is 5.92 Å². The second kappa shape index (κ2) is 7.27. The highest BCUT2D eigenvalue weighted by Crippen LogP contribution is 2.22. The molecule has 1 heterocycles. The molecule has 17 heavy (non-hydrogen) atoms. The Bertz CT molecular complexity index is 248. The van der Waals surface area contributed by atoms with Crippen LogP contribution >= 0.6 is 11.8 Å². The van der Waals surface area contributed by atoms with Gasteiger partial charge in [-0.1, -0.05) is 20.3 Å². The Kier molecular flexibility index (Phi) is 6.34. The SMILES string of the molecule is CCC(C)[C@H](N)C(=O)N1CCCC(SC)CC1. The maximum absolute atomic E-state index is 12.2. The third-order valence-electron chi connectivity index (χ3n) is 3.86. The van der Waals surface area contributed by atoms with E-state index in [0.717, 1.165) is 32.4 Å². The van der Waals surface area contributed by atoms with Crippen molar-refractivity contribution in [2.45, 2.75) is 50.8 Å². The van der Waals surface area contributed by atoms with Crippen LogP contribution in [-0.2, 0) is 4.79 Å². The van der Waals surface area contributed by atoms with Gasteiger partial charge in [-0.25, -0.2) is 0 Å². The number of likely N-dealkylation sites (tertiary alicyclic amines) is 1. The van der Waals surface area contributed by atoms with Crippen molar-refractivity contribution in [3.05, 3.63) is 0 Å². The van der Waals surface area contributed by atoms with E-state index in [0.29, 0.717) is 5.25 Å². The lowest BCUT2D eigenvalue weighted by atomic mass is 9.99. The van der Waals surface area contributed by atoms with Crippen LogP contribution in [0.3, 0.4) is 0 Å². The van der Waals surface area contributed by atoms with E-state index in [-0.39, 0.29) is 17.9 Å². The molecule has 2 N–H and O–H groups in total. The summed E-state index contributed by atoms with van der Waals surface area (Å²) < 4.78 is 0. The summed E-state index contributed by atoms with van der Waals surface area (Å²) in [6.07, 6.45) is 6.58. The highest BCUT2D eigenvalue weighted by atomic mass is 32.2. The number of carbonyl (C=O) groups excluding carboxylic acids is 1. The molecule has 3 atom stereocenters. The lowest BCUT2D eigenvalue weighted by Crippen LogP contribution is -2.47. The molecule has 1 amide bonds. The summed E-state index contributed by atoms with van der Waals surface area (Å²) in [7, 11) is 0. The van der Waals surface area contributed by atoms with Gasteiger partial charge in [-0.05, 0) is 31.4 Å². The second-order valence-corrected chi connectivity index (χ2v) is 6.16. The molecule has 0 aromatic carbocycles. The molecule has 1 fully saturated rings. The predicted octanol–water partition coefficient (Wildman–Crippen LogP) is 2.10. The van der Waals surface area contributed by atoms with Crippen LogP contribution in [-0.4, -0.2) is 41.4 Å². The normalized spacial score (nSPS) is 25.2. The Labute approximate surface area is 109 Å². The van der Waals surface area contributed by atoms with Crippen molar-refractivity contribution in [3.8, 4) is 0 Å². The summed E-state index contributed by atoms with van der Waals surface area (Å²) in [5.74, 6) is 0.434. The average Bonchev–Trinajstić information content (AvgIpc) is 2.61. The highest BCUT2D eigenvalue weighted by Gasteiger charge is 2.26. The fourth-order valence-electron chi connectivity index (χ4n) is 2.23. The van der Waals surface area contributed by atoms with Crippen molar-refractivity contribution < 1.29 is 4.79 Å². The lowest BCUT2D eigenvalue weighted by Gasteiger charge is -2.26. The molecule has 4 heteroatoms. The van der Waals surface area contributed by atoms with Gasteiger partial charge in [-0.3, -0.25) is 4.79 Å². The molecule has 0 spiro atoms. The summed E-state index contributed by atoms with van der Waals surface area (Å²) >= 11 is 1.92. The predicted molar refractivity (Wildman–Crippen MR) is 75.2 cm³/mol. The Balaban J connectivity index is 2.52. The van der Waals surface area contributed by atoms with Gasteiger partial charge >= 0.3 is 0 Å². The lowest BCUT2D eigenvalue weighted by molar-refractivity contribution is -0.133. The summed E-state index contributed by atoms with van der Waals surface area (Å²) in [6, 6.07) is -0.314. The minimum Gasteiger partial charge on any atom is -0.341 e. The molecule has 1 rings (SSSR count). The number of rotatable bonds is 4. The van der Waals surface area contributed by atoms with E-state index in [9.17, 15) is 4.79 Å². The maximum Gasteiger partial charge on any atom is 0.239 e. The number of carbonyl (C=O) groups is 1. The maximum atomic E-state index is 12.2. The van der Waals surface area contributed by atoms with Gasteiger partial charge in [-0.15, -0.1) is 0 Å². The first kappa shape index (κ1) is 14.8. The van der Waals surface area contributed by atoms with Crippen LogP contribution in [0.2, 0.25) is 0 Å². The van der Waals surface area contributed by atoms with Gasteiger partial charge in [0.05, 0.1) is 6.04 Å². The fraction of sp³-hybridized carbons (Fsp3) is 0.923. The molecule has 0 bridgehead atoms. The third-order valence-corrected chi connectivity index (χ3v) is 5.00. The van der Waals surface area contributed by atoms with Gasteiger partial charge in [0, 0.05) is 18.3 Å². The number of nitrogens with zero attached hydrogens (tertiary/aromatic N) is 1. The van der Waals surface area contributed by atoms with E-state index in [1.165, 1.54) is 6.42 Å². The van der Waals surface area contributed by atoms with Crippen molar-refractivity contribution in [1.29, 1.82) is 0 Å². The fourth-order valence-corrected chi connectivity index (χ4v) is 2.97. The van der Waals surface area contributed by atoms with Gasteiger partial charge in [0.25, 0.3) is 0 Å². The molecule has 0 radical (unpaired) electrons. The molecule has 0 aliphatic carbocycles. The van der Waals surface area contributed by atoms with Crippen molar-refractivity contribution in [1.82, 2.24) is 4.90 Å². The van der Waals surface area contributed by atoms with Crippen LogP contribution < -0.4 is 5.73 Å². The molecule has 0 aromatic rings. The van der Waals surface area contributed by atoms with Crippen molar-refractivity contribution in [2.75, 3.05) is 19.3 Å². The molecule has 0 saturated carbocycles. The first-order valence-corrected chi connectivity index (χ1v) is 7.96. The molecule has 2 unspecified atom stereocenters. The monoisotopic (exact) mass is 258 g/mol. The van der Waals surface area contributed by atoms with Gasteiger partial charge in [0.2, 0.25) is 5.91 Å². The molecular formula is C13H26N2OS.